The molecule has 0 bridgehead atoms. The molecule has 0 aliphatic carbocycles. The number of rotatable bonds is 6. The lowest BCUT2D eigenvalue weighted by Crippen LogP contribution is -2.55. The van der Waals surface area contributed by atoms with Crippen LogP contribution in [0.3, 0.4) is 0 Å². The van der Waals surface area contributed by atoms with Crippen molar-refractivity contribution >= 4 is 17.7 Å². The molecule has 0 aliphatic heterocycles. The van der Waals surface area contributed by atoms with Crippen molar-refractivity contribution in [2.24, 2.45) is 11.1 Å². The van der Waals surface area contributed by atoms with Gasteiger partial charge in [0.1, 0.15) is 6.04 Å². The second-order valence-corrected chi connectivity index (χ2v) is 5.08. The third kappa shape index (κ3) is 6.19. The molecule has 7 heteroatoms. The van der Waals surface area contributed by atoms with Gasteiger partial charge in [-0.1, -0.05) is 20.8 Å². The molecule has 0 aromatic carbocycles. The minimum absolute atomic E-state index is 0.121. The molecule has 0 unspecified atom stereocenters. The third-order valence-corrected chi connectivity index (χ3v) is 2.21. The first-order chi connectivity index (χ1) is 8.18. The van der Waals surface area contributed by atoms with Crippen molar-refractivity contribution in [3.05, 3.63) is 0 Å². The zero-order chi connectivity index (χ0) is 14.3. The molecule has 0 rings (SSSR count). The molecule has 0 spiro atoms. The number of likely N-dealkylation sites (N-methyl/N-ethyl adjacent to an activating group) is 1. The number of hydrogen-bond donors (Lipinski definition) is 4. The van der Waals surface area contributed by atoms with Crippen LogP contribution in [-0.2, 0) is 14.4 Å². The van der Waals surface area contributed by atoms with Crippen molar-refractivity contribution in [3.8, 4) is 0 Å². The molecule has 5 N–H and O–H groups in total. The first-order valence-electron chi connectivity index (χ1n) is 5.68. The highest BCUT2D eigenvalue weighted by Gasteiger charge is 2.32. The van der Waals surface area contributed by atoms with Crippen LogP contribution in [0.25, 0.3) is 0 Å². The smallest absolute Gasteiger partial charge is 0.243 e. The van der Waals surface area contributed by atoms with Crippen molar-refractivity contribution in [2.45, 2.75) is 26.8 Å². The van der Waals surface area contributed by atoms with Crippen molar-refractivity contribution in [2.75, 3.05) is 20.1 Å². The Bertz CT molecular complexity index is 323. The highest BCUT2D eigenvalue weighted by atomic mass is 16.2. The van der Waals surface area contributed by atoms with Gasteiger partial charge in [0, 0.05) is 0 Å². The Labute approximate surface area is 107 Å². The Morgan fingerprint density at radius 2 is 1.72 bits per heavy atom. The average Bonchev–Trinajstić information content (AvgIpc) is 2.21. The molecule has 0 aromatic heterocycles. The molecule has 7 nitrogen and oxygen atoms in total. The summed E-state index contributed by atoms with van der Waals surface area (Å²) in [6.45, 7) is 5.34. The predicted octanol–water partition coefficient (Wildman–Crippen LogP) is -1.66. The summed E-state index contributed by atoms with van der Waals surface area (Å²) in [5.41, 5.74) is 4.48. The van der Waals surface area contributed by atoms with E-state index in [1.165, 1.54) is 0 Å². The zero-order valence-electron chi connectivity index (χ0n) is 11.3. The van der Waals surface area contributed by atoms with Crippen LogP contribution in [0.15, 0.2) is 0 Å². The molecule has 3 amide bonds. The minimum Gasteiger partial charge on any atom is -0.368 e. The van der Waals surface area contributed by atoms with E-state index in [0.717, 1.165) is 0 Å². The Balaban J connectivity index is 4.63. The fraction of sp³-hybridized carbons (Fsp3) is 0.727. The van der Waals surface area contributed by atoms with Gasteiger partial charge >= 0.3 is 0 Å². The van der Waals surface area contributed by atoms with Crippen LogP contribution >= 0.6 is 0 Å². The molecular formula is C11H22N4O3. The maximum atomic E-state index is 11.9. The second-order valence-electron chi connectivity index (χ2n) is 5.08. The first-order valence-corrected chi connectivity index (χ1v) is 5.68. The van der Waals surface area contributed by atoms with E-state index in [-0.39, 0.29) is 19.0 Å². The molecule has 0 fully saturated rings. The van der Waals surface area contributed by atoms with E-state index < -0.39 is 23.3 Å². The van der Waals surface area contributed by atoms with E-state index in [0.29, 0.717) is 0 Å². The van der Waals surface area contributed by atoms with Gasteiger partial charge in [0.05, 0.1) is 13.1 Å². The SMILES string of the molecule is CNCC(=O)N[C@H](C(=O)NCC(N)=O)C(C)(C)C. The number of primary amides is 1. The fourth-order valence-corrected chi connectivity index (χ4v) is 1.32. The summed E-state index contributed by atoms with van der Waals surface area (Å²) < 4.78 is 0. The molecule has 0 aliphatic rings. The lowest BCUT2D eigenvalue weighted by molar-refractivity contribution is -0.132. The fourth-order valence-electron chi connectivity index (χ4n) is 1.32. The first kappa shape index (κ1) is 16.4. The van der Waals surface area contributed by atoms with Crippen LogP contribution in [0.4, 0.5) is 0 Å². The summed E-state index contributed by atoms with van der Waals surface area (Å²) in [5, 5.41) is 7.70. The zero-order valence-corrected chi connectivity index (χ0v) is 11.3. The van der Waals surface area contributed by atoms with Crippen LogP contribution in [-0.4, -0.2) is 43.9 Å². The number of amides is 3. The molecule has 0 saturated heterocycles. The number of hydrogen-bond acceptors (Lipinski definition) is 4. The number of carbonyl (C=O) groups excluding carboxylic acids is 3. The molecule has 0 aromatic rings. The molecule has 0 radical (unpaired) electrons. The van der Waals surface area contributed by atoms with Crippen molar-refractivity contribution in [1.82, 2.24) is 16.0 Å². The second kappa shape index (κ2) is 6.95. The lowest BCUT2D eigenvalue weighted by atomic mass is 9.86. The van der Waals surface area contributed by atoms with Gasteiger partial charge < -0.3 is 21.7 Å². The summed E-state index contributed by atoms with van der Waals surface area (Å²) in [4.78, 5) is 34.0. The average molecular weight is 258 g/mol. The molecule has 18 heavy (non-hydrogen) atoms. The summed E-state index contributed by atoms with van der Waals surface area (Å²) in [7, 11) is 1.64. The van der Waals surface area contributed by atoms with E-state index >= 15 is 0 Å². The van der Waals surface area contributed by atoms with Crippen LogP contribution < -0.4 is 21.7 Å². The molecule has 104 valence electrons. The maximum Gasteiger partial charge on any atom is 0.243 e. The monoisotopic (exact) mass is 258 g/mol. The van der Waals surface area contributed by atoms with Gasteiger partial charge in [-0.25, -0.2) is 0 Å². The Hall–Kier alpha value is -1.63. The molecule has 1 atom stereocenters. The van der Waals surface area contributed by atoms with Gasteiger partial charge in [0.15, 0.2) is 0 Å². The van der Waals surface area contributed by atoms with E-state index in [4.69, 9.17) is 5.73 Å². The predicted molar refractivity (Wildman–Crippen MR) is 67.5 cm³/mol. The van der Waals surface area contributed by atoms with E-state index in [9.17, 15) is 14.4 Å². The number of carbonyl (C=O) groups is 3. The third-order valence-electron chi connectivity index (χ3n) is 2.21. The van der Waals surface area contributed by atoms with Crippen LogP contribution in [0.2, 0.25) is 0 Å². The summed E-state index contributed by atoms with van der Waals surface area (Å²) in [6.07, 6.45) is 0. The van der Waals surface area contributed by atoms with Crippen molar-refractivity contribution < 1.29 is 14.4 Å². The maximum absolute atomic E-state index is 11.9. The van der Waals surface area contributed by atoms with Crippen LogP contribution in [0, 0.1) is 5.41 Å². The quantitative estimate of drug-likeness (QED) is 0.456. The standard InChI is InChI=1S/C11H22N4O3/c1-11(2,3)9(15-8(17)6-13-4)10(18)14-5-7(12)16/h9,13H,5-6H2,1-4H3,(H2,12,16)(H,14,18)(H,15,17)/t9-/m1/s1. The lowest BCUT2D eigenvalue weighted by Gasteiger charge is -2.30. The van der Waals surface area contributed by atoms with Gasteiger partial charge in [0.25, 0.3) is 0 Å². The number of nitrogens with two attached hydrogens (primary N) is 1. The Kier molecular flexibility index (Phi) is 6.32. The van der Waals surface area contributed by atoms with Crippen molar-refractivity contribution in [1.29, 1.82) is 0 Å². The Morgan fingerprint density at radius 1 is 1.17 bits per heavy atom. The molecule has 0 saturated carbocycles. The summed E-state index contributed by atoms with van der Waals surface area (Å²) in [5.74, 6) is -1.34. The van der Waals surface area contributed by atoms with Gasteiger partial charge in [-0.3, -0.25) is 14.4 Å². The minimum atomic E-state index is -0.724. The summed E-state index contributed by atoms with van der Waals surface area (Å²) >= 11 is 0. The topological polar surface area (TPSA) is 113 Å². The highest BCUT2D eigenvalue weighted by molar-refractivity contribution is 5.91. The normalized spacial score (nSPS) is 12.7. The number of nitrogens with one attached hydrogen (secondary N) is 3. The Morgan fingerprint density at radius 3 is 2.11 bits per heavy atom. The highest BCUT2D eigenvalue weighted by Crippen LogP contribution is 2.19. The van der Waals surface area contributed by atoms with Crippen LogP contribution in [0.1, 0.15) is 20.8 Å². The van der Waals surface area contributed by atoms with Gasteiger partial charge in [-0.05, 0) is 12.5 Å². The van der Waals surface area contributed by atoms with Crippen molar-refractivity contribution in [3.63, 3.8) is 0 Å². The molecule has 0 heterocycles. The van der Waals surface area contributed by atoms with Gasteiger partial charge in [-0.2, -0.15) is 0 Å². The van der Waals surface area contributed by atoms with E-state index in [1.807, 2.05) is 20.8 Å². The summed E-state index contributed by atoms with van der Waals surface area (Å²) in [6, 6.07) is -0.724. The van der Waals surface area contributed by atoms with Gasteiger partial charge in [-0.15, -0.1) is 0 Å². The molecular weight excluding hydrogens is 236 g/mol. The van der Waals surface area contributed by atoms with E-state index in [2.05, 4.69) is 16.0 Å². The van der Waals surface area contributed by atoms with Crippen LogP contribution in [0.5, 0.6) is 0 Å². The van der Waals surface area contributed by atoms with E-state index in [1.54, 1.807) is 7.05 Å². The van der Waals surface area contributed by atoms with Gasteiger partial charge in [0.2, 0.25) is 17.7 Å². The largest absolute Gasteiger partial charge is 0.368 e.